The molecule has 3 nitrogen and oxygen atoms in total. The summed E-state index contributed by atoms with van der Waals surface area (Å²) in [7, 11) is 0. The first kappa shape index (κ1) is 8.00. The SMILES string of the molecule is O=C1OC(O)c2c(I)cccc21. The number of fused-ring (bicyclic) bond motifs is 1. The first-order chi connectivity index (χ1) is 5.70. The molecule has 12 heavy (non-hydrogen) atoms. The average molecular weight is 276 g/mol. The second-order valence-corrected chi connectivity index (χ2v) is 3.62. The fourth-order valence-electron chi connectivity index (χ4n) is 1.19. The van der Waals surface area contributed by atoms with Gasteiger partial charge in [0, 0.05) is 9.13 Å². The van der Waals surface area contributed by atoms with Crippen molar-refractivity contribution in [2.24, 2.45) is 0 Å². The predicted molar refractivity (Wildman–Crippen MR) is 49.5 cm³/mol. The molecule has 0 aromatic heterocycles. The van der Waals surface area contributed by atoms with Crippen LogP contribution in [0.4, 0.5) is 0 Å². The van der Waals surface area contributed by atoms with Gasteiger partial charge in [-0.25, -0.2) is 4.79 Å². The van der Waals surface area contributed by atoms with Crippen LogP contribution in [0.5, 0.6) is 0 Å². The van der Waals surface area contributed by atoms with Gasteiger partial charge in [0.15, 0.2) is 0 Å². The van der Waals surface area contributed by atoms with Gasteiger partial charge in [0.1, 0.15) is 0 Å². The van der Waals surface area contributed by atoms with Crippen LogP contribution in [0.25, 0.3) is 0 Å². The van der Waals surface area contributed by atoms with E-state index in [1.54, 1.807) is 12.1 Å². The molecule has 0 saturated carbocycles. The lowest BCUT2D eigenvalue weighted by atomic mass is 10.1. The third kappa shape index (κ3) is 1.02. The van der Waals surface area contributed by atoms with E-state index in [-0.39, 0.29) is 0 Å². The number of esters is 1. The Hall–Kier alpha value is -0.620. The Kier molecular flexibility index (Phi) is 1.80. The Labute approximate surface area is 82.5 Å². The molecule has 4 heteroatoms. The summed E-state index contributed by atoms with van der Waals surface area (Å²) in [5.41, 5.74) is 1.05. The van der Waals surface area contributed by atoms with Crippen molar-refractivity contribution in [3.63, 3.8) is 0 Å². The van der Waals surface area contributed by atoms with E-state index in [1.807, 2.05) is 6.07 Å². The van der Waals surface area contributed by atoms with E-state index >= 15 is 0 Å². The molecule has 1 aliphatic rings. The molecular formula is C8H5IO3. The average Bonchev–Trinajstić information content (AvgIpc) is 2.29. The molecule has 1 N–H and O–H groups in total. The van der Waals surface area contributed by atoms with Gasteiger partial charge < -0.3 is 9.84 Å². The van der Waals surface area contributed by atoms with Crippen molar-refractivity contribution in [2.75, 3.05) is 0 Å². The van der Waals surface area contributed by atoms with Crippen molar-refractivity contribution in [1.29, 1.82) is 0 Å². The molecule has 62 valence electrons. The number of halogens is 1. The van der Waals surface area contributed by atoms with Crippen LogP contribution in [0.15, 0.2) is 18.2 Å². The molecule has 0 fully saturated rings. The molecule has 0 spiro atoms. The zero-order chi connectivity index (χ0) is 8.72. The largest absolute Gasteiger partial charge is 0.428 e. The number of carbonyl (C=O) groups is 1. The van der Waals surface area contributed by atoms with E-state index in [0.29, 0.717) is 11.1 Å². The van der Waals surface area contributed by atoms with Gasteiger partial charge in [0.25, 0.3) is 0 Å². The zero-order valence-electron chi connectivity index (χ0n) is 5.95. The fourth-order valence-corrected chi connectivity index (χ4v) is 1.95. The van der Waals surface area contributed by atoms with Gasteiger partial charge in [-0.2, -0.15) is 0 Å². The fraction of sp³-hybridized carbons (Fsp3) is 0.125. The predicted octanol–water partition coefficient (Wildman–Crippen LogP) is 1.45. The number of hydrogen-bond acceptors (Lipinski definition) is 3. The molecule has 1 aromatic rings. The number of rotatable bonds is 0. The third-order valence-electron chi connectivity index (χ3n) is 1.74. The van der Waals surface area contributed by atoms with Crippen LogP contribution >= 0.6 is 22.6 Å². The Bertz CT molecular complexity index is 348. The van der Waals surface area contributed by atoms with Crippen molar-refractivity contribution in [3.8, 4) is 0 Å². The van der Waals surface area contributed by atoms with E-state index in [0.717, 1.165) is 3.57 Å². The smallest absolute Gasteiger partial charge is 0.341 e. The van der Waals surface area contributed by atoms with Gasteiger partial charge in [-0.15, -0.1) is 0 Å². The molecule has 1 aliphatic heterocycles. The molecule has 0 saturated heterocycles. The lowest BCUT2D eigenvalue weighted by molar-refractivity contribution is -0.0551. The van der Waals surface area contributed by atoms with E-state index in [1.165, 1.54) is 0 Å². The summed E-state index contributed by atoms with van der Waals surface area (Å²) in [6.45, 7) is 0. The second-order valence-electron chi connectivity index (χ2n) is 2.46. The maximum atomic E-state index is 11.0. The van der Waals surface area contributed by atoms with Crippen molar-refractivity contribution in [1.82, 2.24) is 0 Å². The first-order valence-electron chi connectivity index (χ1n) is 3.37. The summed E-state index contributed by atoms with van der Waals surface area (Å²) in [5, 5.41) is 9.28. The van der Waals surface area contributed by atoms with Crippen LogP contribution in [-0.4, -0.2) is 11.1 Å². The van der Waals surface area contributed by atoms with Crippen LogP contribution in [0, 0.1) is 3.57 Å². The molecule has 1 aromatic carbocycles. The molecule has 0 amide bonds. The summed E-state index contributed by atoms with van der Waals surface area (Å²) < 4.78 is 5.47. The molecule has 1 unspecified atom stereocenters. The molecule has 2 rings (SSSR count). The Morgan fingerprint density at radius 3 is 2.92 bits per heavy atom. The summed E-state index contributed by atoms with van der Waals surface area (Å²) in [4.78, 5) is 11.0. The van der Waals surface area contributed by atoms with Crippen LogP contribution in [0.3, 0.4) is 0 Å². The summed E-state index contributed by atoms with van der Waals surface area (Å²) >= 11 is 2.06. The minimum atomic E-state index is -1.08. The van der Waals surface area contributed by atoms with Crippen molar-refractivity contribution >= 4 is 28.6 Å². The molecule has 1 heterocycles. The van der Waals surface area contributed by atoms with Gasteiger partial charge in [0.2, 0.25) is 6.29 Å². The van der Waals surface area contributed by atoms with E-state index in [9.17, 15) is 9.90 Å². The quantitative estimate of drug-likeness (QED) is 0.576. The summed E-state index contributed by atoms with van der Waals surface area (Å²) in [5.74, 6) is -0.448. The molecule has 0 aliphatic carbocycles. The maximum absolute atomic E-state index is 11.0. The van der Waals surface area contributed by atoms with E-state index < -0.39 is 12.3 Å². The van der Waals surface area contributed by atoms with E-state index in [4.69, 9.17) is 0 Å². The van der Waals surface area contributed by atoms with Gasteiger partial charge >= 0.3 is 5.97 Å². The number of aliphatic hydroxyl groups is 1. The van der Waals surface area contributed by atoms with Gasteiger partial charge in [-0.05, 0) is 34.7 Å². The lowest BCUT2D eigenvalue weighted by Gasteiger charge is -2.02. The summed E-state index contributed by atoms with van der Waals surface area (Å²) in [6.07, 6.45) is -1.08. The molecule has 0 bridgehead atoms. The number of carbonyl (C=O) groups excluding carboxylic acids is 1. The second kappa shape index (κ2) is 2.70. The highest BCUT2D eigenvalue weighted by Crippen LogP contribution is 2.31. The minimum Gasteiger partial charge on any atom is -0.428 e. The monoisotopic (exact) mass is 276 g/mol. The van der Waals surface area contributed by atoms with Gasteiger partial charge in [-0.1, -0.05) is 6.07 Å². The highest BCUT2D eigenvalue weighted by Gasteiger charge is 2.30. The highest BCUT2D eigenvalue weighted by molar-refractivity contribution is 14.1. The third-order valence-corrected chi connectivity index (χ3v) is 2.68. The minimum absolute atomic E-state index is 0.448. The van der Waals surface area contributed by atoms with Crippen LogP contribution in [0.2, 0.25) is 0 Å². The zero-order valence-corrected chi connectivity index (χ0v) is 8.11. The van der Waals surface area contributed by atoms with Crippen molar-refractivity contribution < 1.29 is 14.6 Å². The van der Waals surface area contributed by atoms with Crippen molar-refractivity contribution in [3.05, 3.63) is 32.9 Å². The topological polar surface area (TPSA) is 46.5 Å². The maximum Gasteiger partial charge on any atom is 0.341 e. The summed E-state index contributed by atoms with van der Waals surface area (Å²) in [6, 6.07) is 5.24. The van der Waals surface area contributed by atoms with E-state index in [2.05, 4.69) is 27.3 Å². The van der Waals surface area contributed by atoms with Crippen LogP contribution < -0.4 is 0 Å². The Balaban J connectivity index is 2.67. The standard InChI is InChI=1S/C8H5IO3/c9-5-3-1-2-4-6(5)8(11)12-7(4)10/h1-3,8,11H. The Morgan fingerprint density at radius 1 is 1.50 bits per heavy atom. The van der Waals surface area contributed by atoms with Crippen LogP contribution in [0.1, 0.15) is 22.2 Å². The molecular weight excluding hydrogens is 271 g/mol. The first-order valence-corrected chi connectivity index (χ1v) is 4.45. The Morgan fingerprint density at radius 2 is 2.25 bits per heavy atom. The molecule has 0 radical (unpaired) electrons. The normalized spacial score (nSPS) is 20.5. The number of hydrogen-bond donors (Lipinski definition) is 1. The number of cyclic esters (lactones) is 1. The van der Waals surface area contributed by atoms with Gasteiger partial charge in [-0.3, -0.25) is 0 Å². The number of benzene rings is 1. The van der Waals surface area contributed by atoms with Crippen LogP contribution in [-0.2, 0) is 4.74 Å². The van der Waals surface area contributed by atoms with Gasteiger partial charge in [0.05, 0.1) is 5.56 Å². The number of aliphatic hydroxyl groups excluding tert-OH is 1. The number of ether oxygens (including phenoxy) is 1. The van der Waals surface area contributed by atoms with Crippen molar-refractivity contribution in [2.45, 2.75) is 6.29 Å². The lowest BCUT2D eigenvalue weighted by Crippen LogP contribution is -1.96. The highest BCUT2D eigenvalue weighted by atomic mass is 127. The molecule has 1 atom stereocenters.